The molecule has 0 saturated heterocycles. The summed E-state index contributed by atoms with van der Waals surface area (Å²) in [7, 11) is 0. The quantitative estimate of drug-likeness (QED) is 0.398. The molecule has 2 aromatic rings. The van der Waals surface area contributed by atoms with Crippen LogP contribution in [0.4, 0.5) is 0 Å². The van der Waals surface area contributed by atoms with Gasteiger partial charge in [-0.1, -0.05) is 78.5 Å². The van der Waals surface area contributed by atoms with Gasteiger partial charge in [0.1, 0.15) is 11.5 Å². The van der Waals surface area contributed by atoms with Gasteiger partial charge in [0.15, 0.2) is 0 Å². The first-order valence-corrected chi connectivity index (χ1v) is 9.63. The molecule has 150 valence electrons. The molecule has 2 rings (SSSR count). The summed E-state index contributed by atoms with van der Waals surface area (Å²) in [6.07, 6.45) is 0.603. The molecule has 0 atom stereocenters. The molecule has 3 heteroatoms. The largest absolute Gasteiger partial charge is 0.507 e. The molecule has 0 fully saturated rings. The summed E-state index contributed by atoms with van der Waals surface area (Å²) in [6.45, 7) is 17.9. The Labute approximate surface area is 169 Å². The van der Waals surface area contributed by atoms with Gasteiger partial charge in [-0.2, -0.15) is 0 Å². The van der Waals surface area contributed by atoms with E-state index in [0.717, 1.165) is 22.3 Å². The first-order chi connectivity index (χ1) is 12.8. The third kappa shape index (κ3) is 5.03. The van der Waals surface area contributed by atoms with E-state index in [-0.39, 0.29) is 10.8 Å². The topological polar surface area (TPSA) is 46.5 Å². The predicted molar refractivity (Wildman–Crippen MR) is 115 cm³/mol. The maximum Gasteiger partial charge on any atom is 0.338 e. The van der Waals surface area contributed by atoms with Crippen LogP contribution >= 0.6 is 0 Å². The Morgan fingerprint density at radius 2 is 1.50 bits per heavy atom. The van der Waals surface area contributed by atoms with E-state index in [1.165, 1.54) is 0 Å². The molecule has 0 saturated carbocycles. The highest BCUT2D eigenvalue weighted by Crippen LogP contribution is 2.40. The summed E-state index contributed by atoms with van der Waals surface area (Å²) in [6, 6.07) is 11.7. The zero-order chi connectivity index (χ0) is 21.3. The molecule has 1 N–H and O–H groups in total. The van der Waals surface area contributed by atoms with Crippen LogP contribution < -0.4 is 4.74 Å². The molecule has 28 heavy (non-hydrogen) atoms. The molecule has 0 heterocycles. The van der Waals surface area contributed by atoms with E-state index in [0.29, 0.717) is 23.5 Å². The van der Waals surface area contributed by atoms with Crippen molar-refractivity contribution in [3.05, 3.63) is 70.8 Å². The second kappa shape index (κ2) is 7.83. The smallest absolute Gasteiger partial charge is 0.338 e. The lowest BCUT2D eigenvalue weighted by molar-refractivity contribution is -0.130. The Morgan fingerprint density at radius 1 is 1.00 bits per heavy atom. The number of phenolic OH excluding ortho intramolecular Hbond substituents is 1. The lowest BCUT2D eigenvalue weighted by Gasteiger charge is -2.28. The van der Waals surface area contributed by atoms with E-state index in [1.54, 1.807) is 13.0 Å². The highest BCUT2D eigenvalue weighted by molar-refractivity contribution is 5.89. The van der Waals surface area contributed by atoms with Crippen molar-refractivity contribution in [3.8, 4) is 11.5 Å². The maximum absolute atomic E-state index is 12.0. The van der Waals surface area contributed by atoms with Crippen LogP contribution in [-0.2, 0) is 22.0 Å². The lowest BCUT2D eigenvalue weighted by atomic mass is 9.78. The number of para-hydroxylation sites is 1. The van der Waals surface area contributed by atoms with Crippen molar-refractivity contribution in [1.82, 2.24) is 0 Å². The first-order valence-electron chi connectivity index (χ1n) is 9.63. The molecule has 0 amide bonds. The monoisotopic (exact) mass is 380 g/mol. The molecule has 0 aliphatic rings. The third-order valence-corrected chi connectivity index (χ3v) is 4.70. The van der Waals surface area contributed by atoms with Gasteiger partial charge in [-0.25, -0.2) is 4.79 Å². The van der Waals surface area contributed by atoms with Crippen molar-refractivity contribution >= 4 is 5.97 Å². The van der Waals surface area contributed by atoms with Gasteiger partial charge in [-0.15, -0.1) is 0 Å². The van der Waals surface area contributed by atoms with Crippen molar-refractivity contribution < 1.29 is 14.6 Å². The summed E-state index contributed by atoms with van der Waals surface area (Å²) in [4.78, 5) is 12.0. The molecular formula is C25H32O3. The van der Waals surface area contributed by atoms with Crippen LogP contribution in [0.3, 0.4) is 0 Å². The summed E-state index contributed by atoms with van der Waals surface area (Å²) < 4.78 is 5.51. The Bertz CT molecular complexity index is 858. The third-order valence-electron chi connectivity index (χ3n) is 4.70. The normalized spacial score (nSPS) is 12.0. The van der Waals surface area contributed by atoms with Crippen molar-refractivity contribution in [2.75, 3.05) is 0 Å². The number of hydrogen-bond donors (Lipinski definition) is 1. The molecule has 0 unspecified atom stereocenters. The summed E-state index contributed by atoms with van der Waals surface area (Å²) >= 11 is 0. The minimum atomic E-state index is -0.427. The van der Waals surface area contributed by atoms with Gasteiger partial charge in [-0.3, -0.25) is 0 Å². The van der Waals surface area contributed by atoms with E-state index in [2.05, 4.69) is 60.3 Å². The van der Waals surface area contributed by atoms with Gasteiger partial charge in [0.05, 0.1) is 0 Å². The van der Waals surface area contributed by atoms with Crippen LogP contribution in [0.2, 0.25) is 0 Å². The average molecular weight is 381 g/mol. The maximum atomic E-state index is 12.0. The van der Waals surface area contributed by atoms with E-state index in [1.807, 2.05) is 18.2 Å². The van der Waals surface area contributed by atoms with Crippen LogP contribution in [-0.4, -0.2) is 11.1 Å². The van der Waals surface area contributed by atoms with Gasteiger partial charge >= 0.3 is 5.97 Å². The van der Waals surface area contributed by atoms with Crippen LogP contribution in [0.1, 0.15) is 70.7 Å². The molecule has 0 aliphatic carbocycles. The number of benzene rings is 2. The van der Waals surface area contributed by atoms with E-state index in [9.17, 15) is 9.90 Å². The SMILES string of the molecule is C=C(C)C(=O)Oc1ccccc1Cc1cc(C(C)(C)C)c(O)c(C(C)(C)C)c1. The summed E-state index contributed by atoms with van der Waals surface area (Å²) in [5, 5.41) is 10.9. The number of carbonyl (C=O) groups is 1. The number of rotatable bonds is 4. The Morgan fingerprint density at radius 3 is 1.96 bits per heavy atom. The van der Waals surface area contributed by atoms with Gasteiger partial charge < -0.3 is 9.84 Å². The predicted octanol–water partition coefficient (Wildman–Crippen LogP) is 6.06. The van der Waals surface area contributed by atoms with Crippen molar-refractivity contribution in [2.45, 2.75) is 65.7 Å². The highest BCUT2D eigenvalue weighted by atomic mass is 16.5. The molecule has 0 aliphatic heterocycles. The minimum absolute atomic E-state index is 0.188. The summed E-state index contributed by atoms with van der Waals surface area (Å²) in [5.41, 5.74) is 3.83. The lowest BCUT2D eigenvalue weighted by Crippen LogP contribution is -2.18. The molecule has 3 nitrogen and oxygen atoms in total. The van der Waals surface area contributed by atoms with E-state index < -0.39 is 5.97 Å². The molecular weight excluding hydrogens is 348 g/mol. The van der Waals surface area contributed by atoms with Crippen LogP contribution in [0.15, 0.2) is 48.6 Å². The van der Waals surface area contributed by atoms with Crippen molar-refractivity contribution in [2.24, 2.45) is 0 Å². The van der Waals surface area contributed by atoms with Gasteiger partial charge in [0, 0.05) is 12.0 Å². The van der Waals surface area contributed by atoms with E-state index in [4.69, 9.17) is 4.74 Å². The minimum Gasteiger partial charge on any atom is -0.507 e. The highest BCUT2D eigenvalue weighted by Gasteiger charge is 2.26. The number of esters is 1. The zero-order valence-corrected chi connectivity index (χ0v) is 18.1. The second-order valence-electron chi connectivity index (χ2n) is 9.49. The second-order valence-corrected chi connectivity index (χ2v) is 9.49. The van der Waals surface area contributed by atoms with Crippen LogP contribution in [0.25, 0.3) is 0 Å². The molecule has 2 aromatic carbocycles. The van der Waals surface area contributed by atoms with Crippen LogP contribution in [0, 0.1) is 0 Å². The van der Waals surface area contributed by atoms with Gasteiger partial charge in [0.25, 0.3) is 0 Å². The number of carbonyl (C=O) groups excluding carboxylic acids is 1. The fraction of sp³-hybridized carbons (Fsp3) is 0.400. The Balaban J connectivity index is 2.53. The number of hydrogen-bond acceptors (Lipinski definition) is 3. The molecule has 0 radical (unpaired) electrons. The fourth-order valence-corrected chi connectivity index (χ4v) is 3.10. The first kappa shape index (κ1) is 21.7. The average Bonchev–Trinajstić information content (AvgIpc) is 2.55. The van der Waals surface area contributed by atoms with E-state index >= 15 is 0 Å². The summed E-state index contributed by atoms with van der Waals surface area (Å²) in [5.74, 6) is 0.479. The molecule has 0 bridgehead atoms. The van der Waals surface area contributed by atoms with Crippen molar-refractivity contribution in [1.29, 1.82) is 0 Å². The van der Waals surface area contributed by atoms with Crippen LogP contribution in [0.5, 0.6) is 11.5 Å². The number of phenols is 1. The molecule has 0 aromatic heterocycles. The fourth-order valence-electron chi connectivity index (χ4n) is 3.10. The van der Waals surface area contributed by atoms with Crippen molar-refractivity contribution in [3.63, 3.8) is 0 Å². The number of ether oxygens (including phenoxy) is 1. The number of aromatic hydroxyl groups is 1. The van der Waals surface area contributed by atoms with Gasteiger partial charge in [0.2, 0.25) is 0 Å². The zero-order valence-electron chi connectivity index (χ0n) is 18.1. The Hall–Kier alpha value is -2.55. The Kier molecular flexibility index (Phi) is 6.08. The van der Waals surface area contributed by atoms with Gasteiger partial charge in [-0.05, 0) is 46.1 Å². The molecule has 0 spiro atoms. The standard InChI is InChI=1S/C25H32O3/c1-16(2)23(27)28-21-12-10-9-11-18(21)13-17-14-19(24(3,4)5)22(26)20(15-17)25(6,7)8/h9-12,14-15,26H,1,13H2,2-8H3.